The van der Waals surface area contributed by atoms with Gasteiger partial charge in [-0.25, -0.2) is 14.1 Å². The molecule has 2 aromatic heterocycles. The molecule has 1 atom stereocenters. The Bertz CT molecular complexity index is 1200. The lowest BCUT2D eigenvalue weighted by molar-refractivity contribution is -0.139. The number of aryl methyl sites for hydroxylation is 1. The fourth-order valence-corrected chi connectivity index (χ4v) is 5.06. The first-order chi connectivity index (χ1) is 14.9. The molecule has 0 bridgehead atoms. The molecule has 0 saturated heterocycles. The Morgan fingerprint density at radius 3 is 2.74 bits per heavy atom. The highest BCUT2D eigenvalue weighted by Gasteiger charge is 2.38. The van der Waals surface area contributed by atoms with E-state index in [1.165, 1.54) is 17.3 Å². The summed E-state index contributed by atoms with van der Waals surface area (Å²) in [7, 11) is 0. The summed E-state index contributed by atoms with van der Waals surface area (Å²) < 4.78 is 8.40. The molecule has 3 aromatic rings. The van der Waals surface area contributed by atoms with Gasteiger partial charge in [0.2, 0.25) is 5.78 Å². The van der Waals surface area contributed by atoms with E-state index in [-0.39, 0.29) is 22.7 Å². The number of esters is 1. The van der Waals surface area contributed by atoms with Crippen LogP contribution in [0.3, 0.4) is 0 Å². The summed E-state index contributed by atoms with van der Waals surface area (Å²) in [4.78, 5) is 30.8. The van der Waals surface area contributed by atoms with Gasteiger partial charge in [0.05, 0.1) is 23.6 Å². The molecule has 31 heavy (non-hydrogen) atoms. The lowest BCUT2D eigenvalue weighted by Gasteiger charge is -2.35. The SMILES string of the molecule is CCCn1nc(SCC(=O)OCC)n2c(=O)c3c(nc12)-c1ccccc1C[C@@]3(C)CC. The van der Waals surface area contributed by atoms with Gasteiger partial charge in [0, 0.05) is 17.5 Å². The Kier molecular flexibility index (Phi) is 5.92. The second kappa shape index (κ2) is 8.49. The van der Waals surface area contributed by atoms with Gasteiger partial charge in [0.15, 0.2) is 5.16 Å². The second-order valence-electron chi connectivity index (χ2n) is 8.12. The van der Waals surface area contributed by atoms with Crippen LogP contribution in [0.25, 0.3) is 17.0 Å². The van der Waals surface area contributed by atoms with Crippen molar-refractivity contribution in [1.29, 1.82) is 0 Å². The summed E-state index contributed by atoms with van der Waals surface area (Å²) in [5.74, 6) is 0.299. The molecule has 4 rings (SSSR count). The number of hydrogen-bond acceptors (Lipinski definition) is 6. The first-order valence-electron chi connectivity index (χ1n) is 10.8. The van der Waals surface area contributed by atoms with Gasteiger partial charge in [-0.1, -0.05) is 56.8 Å². The fourth-order valence-electron chi connectivity index (χ4n) is 4.28. The molecule has 1 aromatic carbocycles. The number of carbonyl (C=O) groups is 1. The van der Waals surface area contributed by atoms with Crippen LogP contribution in [-0.2, 0) is 27.9 Å². The molecule has 8 heteroatoms. The van der Waals surface area contributed by atoms with Crippen LogP contribution < -0.4 is 5.56 Å². The number of carbonyl (C=O) groups excluding carboxylic acids is 1. The zero-order valence-electron chi connectivity index (χ0n) is 18.5. The van der Waals surface area contributed by atoms with Crippen molar-refractivity contribution in [2.45, 2.75) is 64.1 Å². The molecule has 0 amide bonds. The Morgan fingerprint density at radius 2 is 2.03 bits per heavy atom. The second-order valence-corrected chi connectivity index (χ2v) is 9.07. The number of thioether (sulfide) groups is 1. The predicted octanol–water partition coefficient (Wildman–Crippen LogP) is 3.85. The molecule has 7 nitrogen and oxygen atoms in total. The van der Waals surface area contributed by atoms with E-state index in [9.17, 15) is 9.59 Å². The molecule has 1 aliphatic carbocycles. The molecule has 0 fully saturated rings. The average molecular weight is 441 g/mol. The monoisotopic (exact) mass is 440 g/mol. The highest BCUT2D eigenvalue weighted by molar-refractivity contribution is 7.99. The van der Waals surface area contributed by atoms with Crippen LogP contribution in [0.1, 0.15) is 51.7 Å². The van der Waals surface area contributed by atoms with Crippen LogP contribution in [0.4, 0.5) is 0 Å². The van der Waals surface area contributed by atoms with E-state index >= 15 is 0 Å². The molecular weight excluding hydrogens is 412 g/mol. The third-order valence-corrected chi connectivity index (χ3v) is 6.89. The van der Waals surface area contributed by atoms with Crippen LogP contribution in [0.2, 0.25) is 0 Å². The van der Waals surface area contributed by atoms with Crippen molar-refractivity contribution in [2.75, 3.05) is 12.4 Å². The van der Waals surface area contributed by atoms with Gasteiger partial charge in [-0.05, 0) is 31.7 Å². The molecule has 2 heterocycles. The quantitative estimate of drug-likeness (QED) is 0.410. The van der Waals surface area contributed by atoms with E-state index in [4.69, 9.17) is 9.72 Å². The van der Waals surface area contributed by atoms with E-state index < -0.39 is 0 Å². The highest BCUT2D eigenvalue weighted by Crippen LogP contribution is 2.42. The third kappa shape index (κ3) is 3.67. The molecule has 164 valence electrons. The Morgan fingerprint density at radius 1 is 1.26 bits per heavy atom. The molecule has 0 spiro atoms. The normalized spacial score (nSPS) is 17.4. The molecular formula is C23H28N4O3S. The van der Waals surface area contributed by atoms with Crippen LogP contribution in [-0.4, -0.2) is 37.5 Å². The molecule has 0 saturated carbocycles. The Balaban J connectivity index is 1.96. The first-order valence-corrected chi connectivity index (χ1v) is 11.8. The van der Waals surface area contributed by atoms with Gasteiger partial charge >= 0.3 is 5.97 Å². The largest absolute Gasteiger partial charge is 0.465 e. The number of ether oxygens (including phenoxy) is 1. The number of rotatable bonds is 7. The minimum Gasteiger partial charge on any atom is -0.465 e. The third-order valence-electron chi connectivity index (χ3n) is 5.99. The van der Waals surface area contributed by atoms with Gasteiger partial charge < -0.3 is 4.74 Å². The summed E-state index contributed by atoms with van der Waals surface area (Å²) in [6.45, 7) is 9.05. The van der Waals surface area contributed by atoms with Crippen LogP contribution >= 0.6 is 11.8 Å². The lowest BCUT2D eigenvalue weighted by Crippen LogP contribution is -2.38. The lowest BCUT2D eigenvalue weighted by atomic mass is 9.69. The summed E-state index contributed by atoms with van der Waals surface area (Å²) in [6.07, 6.45) is 2.48. The van der Waals surface area contributed by atoms with E-state index in [2.05, 4.69) is 31.9 Å². The van der Waals surface area contributed by atoms with E-state index in [0.29, 0.717) is 24.1 Å². The zero-order chi connectivity index (χ0) is 22.2. The van der Waals surface area contributed by atoms with Crippen molar-refractivity contribution in [3.05, 3.63) is 45.7 Å². The maximum atomic E-state index is 13.9. The molecule has 0 N–H and O–H groups in total. The van der Waals surface area contributed by atoms with Crippen LogP contribution in [0, 0.1) is 0 Å². The van der Waals surface area contributed by atoms with Crippen LogP contribution in [0.15, 0.2) is 34.2 Å². The number of benzene rings is 1. The summed E-state index contributed by atoms with van der Waals surface area (Å²) in [5.41, 5.74) is 3.33. The minimum absolute atomic E-state index is 0.0902. The van der Waals surface area contributed by atoms with Crippen molar-refractivity contribution in [2.24, 2.45) is 0 Å². The number of aromatic nitrogens is 4. The van der Waals surface area contributed by atoms with E-state index in [0.717, 1.165) is 36.1 Å². The number of hydrogen-bond donors (Lipinski definition) is 0. The molecule has 0 aliphatic heterocycles. The molecule has 1 aliphatic rings. The van der Waals surface area contributed by atoms with Gasteiger partial charge in [-0.15, -0.1) is 5.10 Å². The number of fused-ring (bicyclic) bond motifs is 4. The van der Waals surface area contributed by atoms with Gasteiger partial charge in [0.1, 0.15) is 0 Å². The van der Waals surface area contributed by atoms with Gasteiger partial charge in [-0.2, -0.15) is 0 Å². The van der Waals surface area contributed by atoms with Crippen molar-refractivity contribution in [3.63, 3.8) is 0 Å². The van der Waals surface area contributed by atoms with Crippen LogP contribution in [0.5, 0.6) is 0 Å². The topological polar surface area (TPSA) is 78.5 Å². The molecule has 0 unspecified atom stereocenters. The summed E-state index contributed by atoms with van der Waals surface area (Å²) in [6, 6.07) is 8.20. The Hall–Kier alpha value is -2.61. The summed E-state index contributed by atoms with van der Waals surface area (Å²) >= 11 is 1.22. The van der Waals surface area contributed by atoms with Crippen molar-refractivity contribution >= 4 is 23.5 Å². The van der Waals surface area contributed by atoms with Gasteiger partial charge in [0.25, 0.3) is 5.56 Å². The van der Waals surface area contributed by atoms with Crippen molar-refractivity contribution in [3.8, 4) is 11.3 Å². The van der Waals surface area contributed by atoms with Crippen molar-refractivity contribution in [1.82, 2.24) is 19.2 Å². The maximum Gasteiger partial charge on any atom is 0.316 e. The minimum atomic E-state index is -0.322. The standard InChI is InChI=1S/C23H28N4O3S/c1-5-12-26-21-24-19-16-11-9-8-10-15(16)13-23(4,6-2)18(19)20(29)27(21)22(25-26)31-14-17(28)30-7-3/h8-11H,5-7,12-14H2,1-4H3/t23-/m1/s1. The first kappa shape index (κ1) is 21.6. The smallest absolute Gasteiger partial charge is 0.316 e. The zero-order valence-corrected chi connectivity index (χ0v) is 19.3. The average Bonchev–Trinajstić information content (AvgIpc) is 3.10. The van der Waals surface area contributed by atoms with Crippen molar-refractivity contribution < 1.29 is 9.53 Å². The number of nitrogens with zero attached hydrogens (tertiary/aromatic N) is 4. The summed E-state index contributed by atoms with van der Waals surface area (Å²) in [5, 5.41) is 5.13. The van der Waals surface area contributed by atoms with E-state index in [1.54, 1.807) is 16.0 Å². The predicted molar refractivity (Wildman–Crippen MR) is 122 cm³/mol. The van der Waals surface area contributed by atoms with Gasteiger partial charge in [-0.3, -0.25) is 9.59 Å². The van der Waals surface area contributed by atoms with E-state index in [1.807, 2.05) is 18.2 Å². The molecule has 0 radical (unpaired) electrons. The fraction of sp³-hybridized carbons (Fsp3) is 0.478. The highest BCUT2D eigenvalue weighted by atomic mass is 32.2. The maximum absolute atomic E-state index is 13.9. The Labute approximate surface area is 185 Å².